The molecule has 160 valence electrons. The number of anilines is 1. The summed E-state index contributed by atoms with van der Waals surface area (Å²) in [5.41, 5.74) is 2.29. The maximum atomic E-state index is 14.3. The van der Waals surface area contributed by atoms with Crippen LogP contribution in [-0.2, 0) is 16.6 Å². The minimum absolute atomic E-state index is 0.164. The lowest BCUT2D eigenvalue weighted by Crippen LogP contribution is -2.24. The minimum atomic E-state index is -3.81. The summed E-state index contributed by atoms with van der Waals surface area (Å²) < 4.78 is 43.3. The van der Waals surface area contributed by atoms with Gasteiger partial charge < -0.3 is 9.88 Å². The summed E-state index contributed by atoms with van der Waals surface area (Å²) in [4.78, 5) is 12.6. The van der Waals surface area contributed by atoms with Crippen LogP contribution in [-0.4, -0.2) is 25.4 Å². The zero-order valence-corrected chi connectivity index (χ0v) is 18.0. The summed E-state index contributed by atoms with van der Waals surface area (Å²) in [5, 5.41) is 4.72. The summed E-state index contributed by atoms with van der Waals surface area (Å²) in [6, 6.07) is 16.7. The van der Waals surface area contributed by atoms with Gasteiger partial charge in [-0.2, -0.15) is 0 Å². The predicted molar refractivity (Wildman–Crippen MR) is 120 cm³/mol. The molecule has 1 aromatic heterocycles. The molecule has 0 radical (unpaired) electrons. The van der Waals surface area contributed by atoms with Gasteiger partial charge in [0.05, 0.1) is 10.5 Å². The van der Waals surface area contributed by atoms with Gasteiger partial charge in [-0.1, -0.05) is 25.1 Å². The van der Waals surface area contributed by atoms with Crippen molar-refractivity contribution < 1.29 is 17.6 Å². The summed E-state index contributed by atoms with van der Waals surface area (Å²) in [5.74, 6) is -1.51. The summed E-state index contributed by atoms with van der Waals surface area (Å²) in [6.07, 6.45) is 0. The molecule has 0 aliphatic heterocycles. The molecule has 0 bridgehead atoms. The maximum Gasteiger partial charge on any atom is 0.258 e. The van der Waals surface area contributed by atoms with Crippen molar-refractivity contribution in [2.45, 2.75) is 25.3 Å². The number of carbonyl (C=O) groups excluding carboxylic acids is 1. The van der Waals surface area contributed by atoms with E-state index in [1.165, 1.54) is 0 Å². The third-order valence-corrected chi connectivity index (χ3v) is 6.72. The summed E-state index contributed by atoms with van der Waals surface area (Å²) in [7, 11) is -3.81. The van der Waals surface area contributed by atoms with E-state index in [-0.39, 0.29) is 17.0 Å². The van der Waals surface area contributed by atoms with E-state index < -0.39 is 21.7 Å². The number of sulfonamides is 1. The molecule has 2 N–H and O–H groups in total. The predicted octanol–water partition coefficient (Wildman–Crippen LogP) is 4.50. The second-order valence-corrected chi connectivity index (χ2v) is 8.86. The molecule has 0 aliphatic rings. The largest absolute Gasteiger partial charge is 0.341 e. The second kappa shape index (κ2) is 8.13. The van der Waals surface area contributed by atoms with E-state index in [9.17, 15) is 17.6 Å². The zero-order valence-electron chi connectivity index (χ0n) is 17.1. The normalized spacial score (nSPS) is 11.8. The van der Waals surface area contributed by atoms with Crippen molar-refractivity contribution in [3.63, 3.8) is 0 Å². The molecule has 4 aromatic rings. The van der Waals surface area contributed by atoms with Gasteiger partial charge in [0, 0.05) is 40.6 Å². The van der Waals surface area contributed by atoms with E-state index in [1.54, 1.807) is 13.0 Å². The lowest BCUT2D eigenvalue weighted by atomic mass is 10.1. The van der Waals surface area contributed by atoms with Crippen LogP contribution in [0.3, 0.4) is 0 Å². The monoisotopic (exact) mass is 439 g/mol. The van der Waals surface area contributed by atoms with E-state index in [1.807, 2.05) is 36.4 Å². The smallest absolute Gasteiger partial charge is 0.258 e. The molecule has 6 nitrogen and oxygen atoms in total. The SMILES string of the molecule is CCNS(=O)(=O)c1ccc(F)c(C(=O)Nc2ccc3c(c2)c2ccccc2n3CC)c1. The molecule has 0 unspecified atom stereocenters. The molecule has 31 heavy (non-hydrogen) atoms. The number of amides is 1. The Balaban J connectivity index is 1.72. The average molecular weight is 440 g/mol. The van der Waals surface area contributed by atoms with Crippen molar-refractivity contribution in [1.82, 2.24) is 9.29 Å². The highest BCUT2D eigenvalue weighted by Gasteiger charge is 2.19. The number of nitrogens with zero attached hydrogens (tertiary/aromatic N) is 1. The average Bonchev–Trinajstić information content (AvgIpc) is 3.07. The Morgan fingerprint density at radius 3 is 2.45 bits per heavy atom. The van der Waals surface area contributed by atoms with E-state index in [4.69, 9.17) is 0 Å². The van der Waals surface area contributed by atoms with E-state index in [0.29, 0.717) is 5.69 Å². The highest BCUT2D eigenvalue weighted by atomic mass is 32.2. The number of aromatic nitrogens is 1. The van der Waals surface area contributed by atoms with Gasteiger partial charge in [0.25, 0.3) is 5.91 Å². The Morgan fingerprint density at radius 2 is 1.71 bits per heavy atom. The van der Waals surface area contributed by atoms with Gasteiger partial charge in [-0.05, 0) is 49.4 Å². The fourth-order valence-electron chi connectivity index (χ4n) is 3.79. The molecule has 1 amide bonds. The van der Waals surface area contributed by atoms with Crippen LogP contribution >= 0.6 is 0 Å². The number of benzene rings is 3. The van der Waals surface area contributed by atoms with Crippen LogP contribution in [0.1, 0.15) is 24.2 Å². The van der Waals surface area contributed by atoms with Crippen LogP contribution in [0.2, 0.25) is 0 Å². The molecule has 4 rings (SSSR count). The third kappa shape index (κ3) is 3.80. The first kappa shape index (κ1) is 21.0. The van der Waals surface area contributed by atoms with Crippen LogP contribution in [0.4, 0.5) is 10.1 Å². The third-order valence-electron chi connectivity index (χ3n) is 5.17. The van der Waals surface area contributed by atoms with Crippen LogP contribution in [0, 0.1) is 5.82 Å². The molecular weight excluding hydrogens is 417 g/mol. The summed E-state index contributed by atoms with van der Waals surface area (Å²) >= 11 is 0. The Morgan fingerprint density at radius 1 is 0.968 bits per heavy atom. The van der Waals surface area contributed by atoms with Crippen molar-refractivity contribution in [2.24, 2.45) is 0 Å². The molecule has 3 aromatic carbocycles. The number of hydrogen-bond acceptors (Lipinski definition) is 3. The van der Waals surface area contributed by atoms with Crippen LogP contribution < -0.4 is 10.0 Å². The van der Waals surface area contributed by atoms with E-state index >= 15 is 0 Å². The van der Waals surface area contributed by atoms with Gasteiger partial charge in [-0.3, -0.25) is 4.79 Å². The first-order valence-electron chi connectivity index (χ1n) is 9.97. The number of rotatable bonds is 6. The highest BCUT2D eigenvalue weighted by Crippen LogP contribution is 2.31. The Bertz CT molecular complexity index is 1410. The van der Waals surface area contributed by atoms with Gasteiger partial charge in [0.1, 0.15) is 5.82 Å². The highest BCUT2D eigenvalue weighted by molar-refractivity contribution is 7.89. The number of nitrogens with one attached hydrogen (secondary N) is 2. The van der Waals surface area contributed by atoms with Crippen molar-refractivity contribution >= 4 is 43.4 Å². The summed E-state index contributed by atoms with van der Waals surface area (Å²) in [6.45, 7) is 4.69. The first-order valence-corrected chi connectivity index (χ1v) is 11.5. The van der Waals surface area contributed by atoms with Crippen LogP contribution in [0.5, 0.6) is 0 Å². The number of para-hydroxylation sites is 1. The lowest BCUT2D eigenvalue weighted by molar-refractivity contribution is 0.102. The first-order chi connectivity index (χ1) is 14.9. The molecule has 0 saturated heterocycles. The fourth-order valence-corrected chi connectivity index (χ4v) is 4.86. The Hall–Kier alpha value is -3.23. The van der Waals surface area contributed by atoms with E-state index in [2.05, 4.69) is 21.5 Å². The Labute approximate surface area is 179 Å². The molecule has 1 heterocycles. The van der Waals surface area contributed by atoms with Crippen LogP contribution in [0.25, 0.3) is 21.8 Å². The van der Waals surface area contributed by atoms with Gasteiger partial charge >= 0.3 is 0 Å². The second-order valence-electron chi connectivity index (χ2n) is 7.09. The Kier molecular flexibility index (Phi) is 5.51. The molecule has 0 atom stereocenters. The number of aryl methyl sites for hydroxylation is 1. The van der Waals surface area contributed by atoms with Crippen molar-refractivity contribution in [3.8, 4) is 0 Å². The zero-order chi connectivity index (χ0) is 22.2. The van der Waals surface area contributed by atoms with Crippen LogP contribution in [0.15, 0.2) is 65.6 Å². The van der Waals surface area contributed by atoms with Crippen molar-refractivity contribution in [3.05, 3.63) is 72.0 Å². The molecule has 0 fully saturated rings. The molecule has 0 aliphatic carbocycles. The number of carbonyl (C=O) groups is 1. The standard InChI is InChI=1S/C23H22FN3O3S/c1-3-25-31(29,30)16-10-11-20(24)19(14-16)23(28)26-15-9-12-22-18(13-15)17-7-5-6-8-21(17)27(22)4-2/h5-14,25H,3-4H2,1-2H3,(H,26,28). The van der Waals surface area contributed by atoms with Gasteiger partial charge in [0.2, 0.25) is 10.0 Å². The maximum absolute atomic E-state index is 14.3. The van der Waals surface area contributed by atoms with Crippen molar-refractivity contribution in [1.29, 1.82) is 0 Å². The van der Waals surface area contributed by atoms with Gasteiger partial charge in [0.15, 0.2) is 0 Å². The van der Waals surface area contributed by atoms with E-state index in [0.717, 1.165) is 46.5 Å². The number of fused-ring (bicyclic) bond motifs is 3. The van der Waals surface area contributed by atoms with Gasteiger partial charge in [-0.25, -0.2) is 17.5 Å². The molecule has 8 heteroatoms. The van der Waals surface area contributed by atoms with Gasteiger partial charge in [-0.15, -0.1) is 0 Å². The number of halogens is 1. The fraction of sp³-hybridized carbons (Fsp3) is 0.174. The van der Waals surface area contributed by atoms with Crippen molar-refractivity contribution in [2.75, 3.05) is 11.9 Å². The molecule has 0 saturated carbocycles. The molecule has 0 spiro atoms. The topological polar surface area (TPSA) is 80.2 Å². The lowest BCUT2D eigenvalue weighted by Gasteiger charge is -2.10. The quantitative estimate of drug-likeness (QED) is 0.464. The number of hydrogen-bond donors (Lipinski definition) is 2. The minimum Gasteiger partial charge on any atom is -0.341 e. The molecular formula is C23H22FN3O3S.